The Bertz CT molecular complexity index is 471. The van der Waals surface area contributed by atoms with E-state index in [1.165, 1.54) is 0 Å². The highest BCUT2D eigenvalue weighted by atomic mass is 79.9. The number of phenolic OH excluding ortho intramolecular Hbond substituents is 1. The number of aromatic nitrogens is 1. The molecule has 0 bridgehead atoms. The summed E-state index contributed by atoms with van der Waals surface area (Å²) in [6.45, 7) is 0.707. The summed E-state index contributed by atoms with van der Waals surface area (Å²) in [5.74, 6) is 0.285. The molecule has 0 fully saturated rings. The summed E-state index contributed by atoms with van der Waals surface area (Å²) in [4.78, 5) is 4.06. The van der Waals surface area contributed by atoms with Gasteiger partial charge in [0.2, 0.25) is 0 Å². The van der Waals surface area contributed by atoms with Crippen molar-refractivity contribution < 1.29 is 5.11 Å². The van der Waals surface area contributed by atoms with E-state index in [1.54, 1.807) is 24.5 Å². The van der Waals surface area contributed by atoms with E-state index in [0.29, 0.717) is 6.54 Å². The molecule has 16 heavy (non-hydrogen) atoms. The van der Waals surface area contributed by atoms with Crippen molar-refractivity contribution in [1.29, 1.82) is 0 Å². The molecule has 4 heteroatoms. The minimum Gasteiger partial charge on any atom is -0.508 e. The van der Waals surface area contributed by atoms with Crippen molar-refractivity contribution in [2.75, 3.05) is 5.32 Å². The van der Waals surface area contributed by atoms with Crippen molar-refractivity contribution >= 4 is 21.6 Å². The van der Waals surface area contributed by atoms with Gasteiger partial charge in [-0.05, 0) is 39.7 Å². The molecule has 0 saturated heterocycles. The van der Waals surface area contributed by atoms with E-state index < -0.39 is 0 Å². The van der Waals surface area contributed by atoms with Gasteiger partial charge in [0, 0.05) is 17.2 Å². The Hall–Kier alpha value is -1.55. The number of rotatable bonds is 3. The summed E-state index contributed by atoms with van der Waals surface area (Å²) < 4.78 is 0.947. The van der Waals surface area contributed by atoms with Crippen LogP contribution < -0.4 is 5.32 Å². The van der Waals surface area contributed by atoms with Crippen LogP contribution in [0.4, 0.5) is 5.69 Å². The zero-order valence-corrected chi connectivity index (χ0v) is 10.1. The third-order valence-electron chi connectivity index (χ3n) is 2.14. The zero-order valence-electron chi connectivity index (χ0n) is 8.52. The van der Waals surface area contributed by atoms with Crippen molar-refractivity contribution in [3.05, 3.63) is 52.8 Å². The van der Waals surface area contributed by atoms with Gasteiger partial charge in [-0.3, -0.25) is 4.98 Å². The highest BCUT2D eigenvalue weighted by molar-refractivity contribution is 9.10. The Morgan fingerprint density at radius 1 is 1.19 bits per heavy atom. The SMILES string of the molecule is Oc1ccc(CNc2cncc(Br)c2)cc1. The summed E-state index contributed by atoms with van der Waals surface area (Å²) >= 11 is 3.36. The standard InChI is InChI=1S/C12H11BrN2O/c13-10-5-11(8-14-7-10)15-6-9-1-3-12(16)4-2-9/h1-5,7-8,15-16H,6H2. The number of halogens is 1. The van der Waals surface area contributed by atoms with E-state index in [-0.39, 0.29) is 5.75 Å². The Balaban J connectivity index is 1.99. The highest BCUT2D eigenvalue weighted by Gasteiger charge is 1.95. The van der Waals surface area contributed by atoms with Crippen LogP contribution in [-0.4, -0.2) is 10.1 Å². The first-order chi connectivity index (χ1) is 7.74. The quantitative estimate of drug-likeness (QED) is 0.907. The van der Waals surface area contributed by atoms with Crippen LogP contribution in [-0.2, 0) is 6.54 Å². The number of benzene rings is 1. The minimum atomic E-state index is 0.285. The molecule has 3 nitrogen and oxygen atoms in total. The highest BCUT2D eigenvalue weighted by Crippen LogP contribution is 2.15. The van der Waals surface area contributed by atoms with Crippen molar-refractivity contribution in [2.24, 2.45) is 0 Å². The summed E-state index contributed by atoms with van der Waals surface area (Å²) in [6, 6.07) is 9.08. The van der Waals surface area contributed by atoms with Crippen molar-refractivity contribution in [3.63, 3.8) is 0 Å². The van der Waals surface area contributed by atoms with Gasteiger partial charge in [0.25, 0.3) is 0 Å². The molecule has 0 radical (unpaired) electrons. The summed E-state index contributed by atoms with van der Waals surface area (Å²) in [7, 11) is 0. The fraction of sp³-hybridized carbons (Fsp3) is 0.0833. The molecule has 2 aromatic rings. The van der Waals surface area contributed by atoms with E-state index >= 15 is 0 Å². The maximum atomic E-state index is 9.14. The molecule has 0 saturated carbocycles. The lowest BCUT2D eigenvalue weighted by Gasteiger charge is -2.06. The Kier molecular flexibility index (Phi) is 3.41. The Morgan fingerprint density at radius 2 is 1.94 bits per heavy atom. The monoisotopic (exact) mass is 278 g/mol. The third-order valence-corrected chi connectivity index (χ3v) is 2.57. The largest absolute Gasteiger partial charge is 0.508 e. The van der Waals surface area contributed by atoms with Gasteiger partial charge in [-0.15, -0.1) is 0 Å². The van der Waals surface area contributed by atoms with Gasteiger partial charge in [0.1, 0.15) is 5.75 Å². The van der Waals surface area contributed by atoms with Gasteiger partial charge in [0.05, 0.1) is 11.9 Å². The smallest absolute Gasteiger partial charge is 0.115 e. The van der Waals surface area contributed by atoms with E-state index in [9.17, 15) is 0 Å². The molecule has 1 aromatic heterocycles. The molecule has 0 spiro atoms. The predicted molar refractivity (Wildman–Crippen MR) is 67.4 cm³/mol. The molecule has 0 unspecified atom stereocenters. The van der Waals surface area contributed by atoms with E-state index in [0.717, 1.165) is 15.7 Å². The molecule has 1 aromatic carbocycles. The average Bonchev–Trinajstić information content (AvgIpc) is 2.28. The van der Waals surface area contributed by atoms with E-state index in [2.05, 4.69) is 26.2 Å². The Morgan fingerprint density at radius 3 is 2.62 bits per heavy atom. The van der Waals surface area contributed by atoms with Gasteiger partial charge in [-0.2, -0.15) is 0 Å². The first-order valence-corrected chi connectivity index (χ1v) is 5.66. The first kappa shape index (κ1) is 11.0. The second-order valence-corrected chi connectivity index (χ2v) is 4.33. The first-order valence-electron chi connectivity index (χ1n) is 4.86. The number of hydrogen-bond donors (Lipinski definition) is 2. The van der Waals surface area contributed by atoms with Crippen molar-refractivity contribution in [1.82, 2.24) is 4.98 Å². The van der Waals surface area contributed by atoms with E-state index in [1.807, 2.05) is 18.2 Å². The molecule has 82 valence electrons. The predicted octanol–water partition coefficient (Wildman–Crippen LogP) is 3.16. The van der Waals surface area contributed by atoms with Crippen LogP contribution in [0.15, 0.2) is 47.2 Å². The Labute approximate surface area is 102 Å². The number of aromatic hydroxyl groups is 1. The van der Waals surface area contributed by atoms with Crippen LogP contribution in [0.5, 0.6) is 5.75 Å². The lowest BCUT2D eigenvalue weighted by molar-refractivity contribution is 0.475. The molecule has 0 amide bonds. The zero-order chi connectivity index (χ0) is 11.4. The second-order valence-electron chi connectivity index (χ2n) is 3.41. The summed E-state index contributed by atoms with van der Waals surface area (Å²) in [6.07, 6.45) is 3.51. The van der Waals surface area contributed by atoms with Crippen LogP contribution >= 0.6 is 15.9 Å². The summed E-state index contributed by atoms with van der Waals surface area (Å²) in [5, 5.41) is 12.4. The molecule has 0 aliphatic rings. The number of pyridine rings is 1. The number of nitrogens with one attached hydrogen (secondary N) is 1. The molecule has 1 heterocycles. The average molecular weight is 279 g/mol. The molecule has 0 aliphatic heterocycles. The molecule has 0 atom stereocenters. The van der Waals surface area contributed by atoms with Crippen LogP contribution in [0.2, 0.25) is 0 Å². The summed E-state index contributed by atoms with van der Waals surface area (Å²) in [5.41, 5.74) is 2.07. The molecular weight excluding hydrogens is 268 g/mol. The molecule has 2 N–H and O–H groups in total. The van der Waals surface area contributed by atoms with Crippen molar-refractivity contribution in [3.8, 4) is 5.75 Å². The van der Waals surface area contributed by atoms with Crippen molar-refractivity contribution in [2.45, 2.75) is 6.54 Å². The third kappa shape index (κ3) is 2.97. The van der Waals surface area contributed by atoms with Gasteiger partial charge in [-0.1, -0.05) is 12.1 Å². The van der Waals surface area contributed by atoms with Gasteiger partial charge < -0.3 is 10.4 Å². The number of nitrogens with zero attached hydrogens (tertiary/aromatic N) is 1. The van der Waals surface area contributed by atoms with Crippen LogP contribution in [0.3, 0.4) is 0 Å². The van der Waals surface area contributed by atoms with Gasteiger partial charge in [-0.25, -0.2) is 0 Å². The lowest BCUT2D eigenvalue weighted by Crippen LogP contribution is -1.99. The molecular formula is C12H11BrN2O. The number of hydrogen-bond acceptors (Lipinski definition) is 3. The maximum Gasteiger partial charge on any atom is 0.115 e. The van der Waals surface area contributed by atoms with Gasteiger partial charge in [0.15, 0.2) is 0 Å². The lowest BCUT2D eigenvalue weighted by atomic mass is 10.2. The second kappa shape index (κ2) is 4.99. The van der Waals surface area contributed by atoms with Crippen LogP contribution in [0.1, 0.15) is 5.56 Å². The van der Waals surface area contributed by atoms with Crippen LogP contribution in [0.25, 0.3) is 0 Å². The minimum absolute atomic E-state index is 0.285. The topological polar surface area (TPSA) is 45.1 Å². The fourth-order valence-corrected chi connectivity index (χ4v) is 1.69. The maximum absolute atomic E-state index is 9.14. The molecule has 2 rings (SSSR count). The van der Waals surface area contributed by atoms with Gasteiger partial charge >= 0.3 is 0 Å². The fourth-order valence-electron chi connectivity index (χ4n) is 1.33. The molecule has 0 aliphatic carbocycles. The normalized spacial score (nSPS) is 10.1. The number of anilines is 1. The van der Waals surface area contributed by atoms with Crippen LogP contribution in [0, 0.1) is 0 Å². The van der Waals surface area contributed by atoms with E-state index in [4.69, 9.17) is 5.11 Å². The number of phenols is 1.